The molecule has 2 rings (SSSR count). The first kappa shape index (κ1) is 13.6. The van der Waals surface area contributed by atoms with Crippen LogP contribution in [0.3, 0.4) is 0 Å². The quantitative estimate of drug-likeness (QED) is 0.883. The fourth-order valence-electron chi connectivity index (χ4n) is 2.07. The van der Waals surface area contributed by atoms with Gasteiger partial charge < -0.3 is 10.2 Å². The summed E-state index contributed by atoms with van der Waals surface area (Å²) in [6, 6.07) is 8.06. The zero-order valence-corrected chi connectivity index (χ0v) is 11.5. The van der Waals surface area contributed by atoms with E-state index in [9.17, 15) is 9.59 Å². The number of carbonyl (C=O) groups excluding carboxylic acids is 2. The summed E-state index contributed by atoms with van der Waals surface area (Å²) in [5, 5.41) is 2.85. The number of amides is 2. The van der Waals surface area contributed by atoms with Crippen molar-refractivity contribution in [2.45, 2.75) is 39.2 Å². The van der Waals surface area contributed by atoms with Crippen LogP contribution in [-0.2, 0) is 9.59 Å². The van der Waals surface area contributed by atoms with Gasteiger partial charge in [0.2, 0.25) is 11.8 Å². The lowest BCUT2D eigenvalue weighted by atomic mass is 10.2. The molecule has 0 aliphatic heterocycles. The molecule has 0 heterocycles. The molecule has 1 saturated carbocycles. The van der Waals surface area contributed by atoms with Crippen molar-refractivity contribution < 1.29 is 9.59 Å². The number of benzene rings is 1. The molecule has 102 valence electrons. The second-order valence-corrected chi connectivity index (χ2v) is 5.11. The summed E-state index contributed by atoms with van der Waals surface area (Å²) in [4.78, 5) is 25.0. The molecule has 0 aromatic heterocycles. The molecule has 1 fully saturated rings. The normalized spacial score (nSPS) is 14.0. The Morgan fingerprint density at radius 1 is 1.26 bits per heavy atom. The molecule has 0 atom stereocenters. The molecule has 1 aromatic carbocycles. The van der Waals surface area contributed by atoms with E-state index in [0.717, 1.165) is 24.1 Å². The van der Waals surface area contributed by atoms with Gasteiger partial charge in [0.25, 0.3) is 0 Å². The molecule has 0 spiro atoms. The highest BCUT2D eigenvalue weighted by atomic mass is 16.2. The Bertz CT molecular complexity index is 464. The Morgan fingerprint density at radius 2 is 1.89 bits per heavy atom. The molecule has 2 amide bonds. The molecule has 0 saturated heterocycles. The van der Waals surface area contributed by atoms with Crippen LogP contribution < -0.4 is 5.32 Å². The van der Waals surface area contributed by atoms with Gasteiger partial charge in [0.1, 0.15) is 0 Å². The first-order valence-electron chi connectivity index (χ1n) is 6.70. The van der Waals surface area contributed by atoms with Crippen LogP contribution in [0.15, 0.2) is 24.3 Å². The van der Waals surface area contributed by atoms with E-state index in [1.165, 1.54) is 0 Å². The first-order valence-corrected chi connectivity index (χ1v) is 6.70. The highest BCUT2D eigenvalue weighted by Crippen LogP contribution is 2.26. The SMILES string of the molecule is CC(=O)N(CCC(=O)Nc1ccc(C)cc1)C1CC1. The van der Waals surface area contributed by atoms with Crippen molar-refractivity contribution in [3.05, 3.63) is 29.8 Å². The van der Waals surface area contributed by atoms with Gasteiger partial charge in [0, 0.05) is 31.6 Å². The standard InChI is InChI=1S/C15H20N2O2/c1-11-3-5-13(6-4-11)16-15(19)9-10-17(12(2)18)14-7-8-14/h3-6,14H,7-10H2,1-2H3,(H,16,19). The van der Waals surface area contributed by atoms with Crippen LogP contribution in [0.1, 0.15) is 31.7 Å². The van der Waals surface area contributed by atoms with Gasteiger partial charge in [0.15, 0.2) is 0 Å². The number of hydrogen-bond donors (Lipinski definition) is 1. The number of nitrogens with one attached hydrogen (secondary N) is 1. The van der Waals surface area contributed by atoms with Gasteiger partial charge in [-0.2, -0.15) is 0 Å². The summed E-state index contributed by atoms with van der Waals surface area (Å²) in [5.41, 5.74) is 1.96. The predicted molar refractivity (Wildman–Crippen MR) is 74.8 cm³/mol. The monoisotopic (exact) mass is 260 g/mol. The van der Waals surface area contributed by atoms with Gasteiger partial charge in [-0.05, 0) is 31.9 Å². The lowest BCUT2D eigenvalue weighted by molar-refractivity contribution is -0.129. The summed E-state index contributed by atoms with van der Waals surface area (Å²) >= 11 is 0. The van der Waals surface area contributed by atoms with E-state index in [1.54, 1.807) is 11.8 Å². The van der Waals surface area contributed by atoms with Crippen molar-refractivity contribution in [1.82, 2.24) is 4.90 Å². The third-order valence-corrected chi connectivity index (χ3v) is 3.31. The van der Waals surface area contributed by atoms with Crippen molar-refractivity contribution >= 4 is 17.5 Å². The fraction of sp³-hybridized carbons (Fsp3) is 0.467. The van der Waals surface area contributed by atoms with E-state index in [1.807, 2.05) is 31.2 Å². The molecule has 4 heteroatoms. The highest BCUT2D eigenvalue weighted by Gasteiger charge is 2.30. The predicted octanol–water partition coefficient (Wildman–Crippen LogP) is 2.33. The van der Waals surface area contributed by atoms with Gasteiger partial charge in [-0.3, -0.25) is 9.59 Å². The smallest absolute Gasteiger partial charge is 0.226 e. The van der Waals surface area contributed by atoms with E-state index >= 15 is 0 Å². The lowest BCUT2D eigenvalue weighted by Crippen LogP contribution is -2.33. The molecule has 1 aliphatic rings. The minimum Gasteiger partial charge on any atom is -0.339 e. The van der Waals surface area contributed by atoms with Gasteiger partial charge in [0.05, 0.1) is 0 Å². The van der Waals surface area contributed by atoms with Crippen LogP contribution in [0, 0.1) is 6.92 Å². The maximum Gasteiger partial charge on any atom is 0.226 e. The Kier molecular flexibility index (Phi) is 4.20. The molecular weight excluding hydrogens is 240 g/mol. The molecule has 0 unspecified atom stereocenters. The number of aryl methyl sites for hydroxylation is 1. The van der Waals surface area contributed by atoms with Crippen molar-refractivity contribution in [1.29, 1.82) is 0 Å². The molecule has 1 aromatic rings. The van der Waals surface area contributed by atoms with Crippen LogP contribution in [0.25, 0.3) is 0 Å². The summed E-state index contributed by atoms with van der Waals surface area (Å²) in [5.74, 6) is 0.0152. The fourth-order valence-corrected chi connectivity index (χ4v) is 2.07. The van der Waals surface area contributed by atoms with Crippen molar-refractivity contribution in [3.8, 4) is 0 Å². The van der Waals surface area contributed by atoms with E-state index in [4.69, 9.17) is 0 Å². The van der Waals surface area contributed by atoms with Crippen molar-refractivity contribution in [3.63, 3.8) is 0 Å². The third-order valence-electron chi connectivity index (χ3n) is 3.31. The van der Waals surface area contributed by atoms with Crippen LogP contribution in [0.5, 0.6) is 0 Å². The Hall–Kier alpha value is -1.84. The van der Waals surface area contributed by atoms with E-state index in [0.29, 0.717) is 19.0 Å². The van der Waals surface area contributed by atoms with Crippen LogP contribution in [-0.4, -0.2) is 29.3 Å². The van der Waals surface area contributed by atoms with Crippen LogP contribution in [0.2, 0.25) is 0 Å². The molecule has 0 radical (unpaired) electrons. The largest absolute Gasteiger partial charge is 0.339 e. The number of hydrogen-bond acceptors (Lipinski definition) is 2. The number of carbonyl (C=O) groups is 2. The summed E-state index contributed by atoms with van der Waals surface area (Å²) < 4.78 is 0. The number of nitrogens with zero attached hydrogens (tertiary/aromatic N) is 1. The highest BCUT2D eigenvalue weighted by molar-refractivity contribution is 5.91. The zero-order chi connectivity index (χ0) is 13.8. The minimum atomic E-state index is -0.0456. The summed E-state index contributed by atoms with van der Waals surface area (Å²) in [7, 11) is 0. The topological polar surface area (TPSA) is 49.4 Å². The molecule has 19 heavy (non-hydrogen) atoms. The second kappa shape index (κ2) is 5.87. The third kappa shape index (κ3) is 4.09. The average Bonchev–Trinajstić information content (AvgIpc) is 3.16. The summed E-state index contributed by atoms with van der Waals surface area (Å²) in [6.07, 6.45) is 2.49. The Balaban J connectivity index is 1.80. The Morgan fingerprint density at radius 3 is 2.42 bits per heavy atom. The maximum absolute atomic E-state index is 11.8. The van der Waals surface area contributed by atoms with Crippen molar-refractivity contribution in [2.24, 2.45) is 0 Å². The van der Waals surface area contributed by atoms with Gasteiger partial charge in [-0.25, -0.2) is 0 Å². The van der Waals surface area contributed by atoms with Crippen LogP contribution >= 0.6 is 0 Å². The van der Waals surface area contributed by atoms with Crippen molar-refractivity contribution in [2.75, 3.05) is 11.9 Å². The molecule has 1 aliphatic carbocycles. The Labute approximate surface area is 113 Å². The number of anilines is 1. The van der Waals surface area contributed by atoms with Crippen LogP contribution in [0.4, 0.5) is 5.69 Å². The van der Waals surface area contributed by atoms with Gasteiger partial charge >= 0.3 is 0 Å². The molecule has 1 N–H and O–H groups in total. The second-order valence-electron chi connectivity index (χ2n) is 5.11. The molecule has 0 bridgehead atoms. The zero-order valence-electron chi connectivity index (χ0n) is 11.5. The van der Waals surface area contributed by atoms with E-state index in [2.05, 4.69) is 5.32 Å². The van der Waals surface area contributed by atoms with Gasteiger partial charge in [-0.1, -0.05) is 17.7 Å². The lowest BCUT2D eigenvalue weighted by Gasteiger charge is -2.20. The van der Waals surface area contributed by atoms with E-state index in [-0.39, 0.29) is 11.8 Å². The van der Waals surface area contributed by atoms with Gasteiger partial charge in [-0.15, -0.1) is 0 Å². The molecule has 4 nitrogen and oxygen atoms in total. The maximum atomic E-state index is 11.8. The molecular formula is C15H20N2O2. The average molecular weight is 260 g/mol. The number of rotatable bonds is 5. The minimum absolute atomic E-state index is 0.0456. The first-order chi connectivity index (χ1) is 9.06. The van der Waals surface area contributed by atoms with E-state index < -0.39 is 0 Å². The summed E-state index contributed by atoms with van der Waals surface area (Å²) in [6.45, 7) is 4.08.